The van der Waals surface area contributed by atoms with E-state index in [2.05, 4.69) is 10.3 Å². The second-order valence-corrected chi connectivity index (χ2v) is 8.17. The third-order valence-corrected chi connectivity index (χ3v) is 5.89. The Bertz CT molecular complexity index is 915. The Kier molecular flexibility index (Phi) is 6.60. The summed E-state index contributed by atoms with van der Waals surface area (Å²) in [5.74, 6) is -0.0156. The van der Waals surface area contributed by atoms with E-state index in [1.165, 1.54) is 0 Å². The third-order valence-electron chi connectivity index (χ3n) is 5.89. The molecular weight excluding hydrogens is 392 g/mol. The monoisotopic (exact) mass is 420 g/mol. The fraction of sp³-hybridized carbons (Fsp3) is 0.417. The molecule has 7 heteroatoms. The average molecular weight is 421 g/mol. The van der Waals surface area contributed by atoms with Crippen molar-refractivity contribution in [3.8, 4) is 0 Å². The van der Waals surface area contributed by atoms with Crippen molar-refractivity contribution in [3.05, 3.63) is 66.0 Å². The summed E-state index contributed by atoms with van der Waals surface area (Å²) in [6.07, 6.45) is 5.91. The van der Waals surface area contributed by atoms with Crippen LogP contribution in [0.25, 0.3) is 0 Å². The van der Waals surface area contributed by atoms with Crippen LogP contribution >= 0.6 is 0 Å². The molecule has 1 saturated carbocycles. The lowest BCUT2D eigenvalue weighted by molar-refractivity contribution is -0.136. The predicted molar refractivity (Wildman–Crippen MR) is 116 cm³/mol. The van der Waals surface area contributed by atoms with Crippen LogP contribution in [0.5, 0.6) is 0 Å². The fourth-order valence-corrected chi connectivity index (χ4v) is 4.07. The fourth-order valence-electron chi connectivity index (χ4n) is 4.07. The van der Waals surface area contributed by atoms with Crippen molar-refractivity contribution in [2.75, 3.05) is 26.2 Å². The minimum Gasteiger partial charge on any atom is -0.354 e. The molecule has 1 aliphatic heterocycles. The normalized spacial score (nSPS) is 20.5. The summed E-state index contributed by atoms with van der Waals surface area (Å²) < 4.78 is 0. The van der Waals surface area contributed by atoms with Gasteiger partial charge in [-0.25, -0.2) is 0 Å². The van der Waals surface area contributed by atoms with Gasteiger partial charge in [-0.3, -0.25) is 19.4 Å². The van der Waals surface area contributed by atoms with Gasteiger partial charge < -0.3 is 15.1 Å². The molecule has 0 spiro atoms. The van der Waals surface area contributed by atoms with E-state index in [1.54, 1.807) is 29.4 Å². The molecule has 162 valence electrons. The third kappa shape index (κ3) is 5.29. The first-order valence-corrected chi connectivity index (χ1v) is 10.9. The molecule has 0 bridgehead atoms. The van der Waals surface area contributed by atoms with Crippen molar-refractivity contribution >= 4 is 17.7 Å². The zero-order chi connectivity index (χ0) is 21.6. The molecule has 4 rings (SSSR count). The summed E-state index contributed by atoms with van der Waals surface area (Å²) in [6, 6.07) is 12.9. The summed E-state index contributed by atoms with van der Waals surface area (Å²) >= 11 is 0. The van der Waals surface area contributed by atoms with Crippen LogP contribution in [0.1, 0.15) is 47.6 Å². The van der Waals surface area contributed by atoms with Crippen molar-refractivity contribution in [3.63, 3.8) is 0 Å². The predicted octanol–water partition coefficient (Wildman–Crippen LogP) is 2.41. The molecule has 2 heterocycles. The Morgan fingerprint density at radius 3 is 2.42 bits per heavy atom. The molecule has 7 nitrogen and oxygen atoms in total. The smallest absolute Gasteiger partial charge is 0.254 e. The highest BCUT2D eigenvalue weighted by Gasteiger charge is 2.37. The van der Waals surface area contributed by atoms with Gasteiger partial charge in [-0.2, -0.15) is 0 Å². The molecule has 1 saturated heterocycles. The summed E-state index contributed by atoms with van der Waals surface area (Å²) in [6.45, 7) is 1.85. The Balaban J connectivity index is 1.56. The van der Waals surface area contributed by atoms with Crippen LogP contribution in [-0.4, -0.2) is 58.7 Å². The van der Waals surface area contributed by atoms with Gasteiger partial charge in [0.15, 0.2) is 0 Å². The maximum atomic E-state index is 13.1. The van der Waals surface area contributed by atoms with Gasteiger partial charge >= 0.3 is 0 Å². The van der Waals surface area contributed by atoms with E-state index >= 15 is 0 Å². The molecule has 2 aromatic rings. The Morgan fingerprint density at radius 1 is 0.968 bits per heavy atom. The lowest BCUT2D eigenvalue weighted by Crippen LogP contribution is -2.39. The van der Waals surface area contributed by atoms with E-state index in [-0.39, 0.29) is 36.1 Å². The second-order valence-electron chi connectivity index (χ2n) is 8.17. The number of pyridine rings is 1. The van der Waals surface area contributed by atoms with Crippen LogP contribution in [0, 0.1) is 5.92 Å². The van der Waals surface area contributed by atoms with Gasteiger partial charge in [0.1, 0.15) is 0 Å². The lowest BCUT2D eigenvalue weighted by atomic mass is 10.0. The summed E-state index contributed by atoms with van der Waals surface area (Å²) in [5, 5.41) is 2.94. The number of amides is 3. The van der Waals surface area contributed by atoms with E-state index < -0.39 is 0 Å². The Hall–Kier alpha value is -3.22. The van der Waals surface area contributed by atoms with E-state index in [0.717, 1.165) is 18.4 Å². The van der Waals surface area contributed by atoms with Crippen LogP contribution in [0.3, 0.4) is 0 Å². The van der Waals surface area contributed by atoms with Crippen LogP contribution in [0.15, 0.2) is 54.9 Å². The quantitative estimate of drug-likeness (QED) is 0.827. The van der Waals surface area contributed by atoms with Crippen molar-refractivity contribution < 1.29 is 14.4 Å². The molecular formula is C24H28N4O3. The minimum absolute atomic E-state index is 0.0638. The van der Waals surface area contributed by atoms with Gasteiger partial charge in [0.2, 0.25) is 11.8 Å². The summed E-state index contributed by atoms with van der Waals surface area (Å²) in [7, 11) is 0. The van der Waals surface area contributed by atoms with Gasteiger partial charge in [0.25, 0.3) is 5.91 Å². The molecule has 3 amide bonds. The zero-order valence-electron chi connectivity index (χ0n) is 17.6. The molecule has 1 aliphatic carbocycles. The number of nitrogens with one attached hydrogen (secondary N) is 1. The number of carbonyl (C=O) groups excluding carboxylic acids is 3. The van der Waals surface area contributed by atoms with Crippen LogP contribution in [-0.2, 0) is 9.59 Å². The van der Waals surface area contributed by atoms with Crippen molar-refractivity contribution in [2.45, 2.75) is 31.7 Å². The number of rotatable bonds is 3. The average Bonchev–Trinajstić information content (AvgIpc) is 3.65. The SMILES string of the molecule is O=C1CC(c2ccccc2)N(C(=O)C2CC2)CCCN(C(=O)c2ccncc2)CCN1. The molecule has 1 aromatic heterocycles. The van der Waals surface area contributed by atoms with Gasteiger partial charge in [-0.15, -0.1) is 0 Å². The Labute approximate surface area is 182 Å². The topological polar surface area (TPSA) is 82.6 Å². The number of aromatic nitrogens is 1. The molecule has 1 atom stereocenters. The maximum absolute atomic E-state index is 13.1. The molecule has 2 fully saturated rings. The van der Waals surface area contributed by atoms with E-state index in [4.69, 9.17) is 0 Å². The first-order valence-electron chi connectivity index (χ1n) is 10.9. The van der Waals surface area contributed by atoms with Crippen LogP contribution in [0.4, 0.5) is 0 Å². The summed E-state index contributed by atoms with van der Waals surface area (Å²) in [5.41, 5.74) is 1.54. The number of benzene rings is 1. The van der Waals surface area contributed by atoms with Gasteiger partial charge in [-0.05, 0) is 37.0 Å². The van der Waals surface area contributed by atoms with Crippen LogP contribution < -0.4 is 5.32 Å². The van der Waals surface area contributed by atoms with E-state index in [0.29, 0.717) is 38.2 Å². The standard InChI is InChI=1S/C24H28N4O3/c29-22-17-21(18-5-2-1-3-6-18)28(24(31)19-7-8-19)15-4-14-27(16-13-26-22)23(30)20-9-11-25-12-10-20/h1-3,5-6,9-12,19,21H,4,7-8,13-17H2,(H,26,29). The van der Waals surface area contributed by atoms with Crippen molar-refractivity contribution in [1.82, 2.24) is 20.1 Å². The lowest BCUT2D eigenvalue weighted by Gasteiger charge is -2.32. The van der Waals surface area contributed by atoms with E-state index in [1.807, 2.05) is 35.2 Å². The van der Waals surface area contributed by atoms with Gasteiger partial charge in [-0.1, -0.05) is 30.3 Å². The Morgan fingerprint density at radius 2 is 1.71 bits per heavy atom. The molecule has 2 aliphatic rings. The van der Waals surface area contributed by atoms with E-state index in [9.17, 15) is 14.4 Å². The van der Waals surface area contributed by atoms with Gasteiger partial charge in [0.05, 0.1) is 12.5 Å². The molecule has 1 unspecified atom stereocenters. The minimum atomic E-state index is -0.295. The summed E-state index contributed by atoms with van der Waals surface area (Å²) in [4.78, 5) is 46.4. The first kappa shape index (κ1) is 21.0. The highest BCUT2D eigenvalue weighted by molar-refractivity contribution is 5.94. The molecule has 1 N–H and O–H groups in total. The first-order chi connectivity index (χ1) is 15.1. The molecule has 31 heavy (non-hydrogen) atoms. The molecule has 1 aromatic carbocycles. The maximum Gasteiger partial charge on any atom is 0.254 e. The number of hydrogen-bond donors (Lipinski definition) is 1. The number of hydrogen-bond acceptors (Lipinski definition) is 4. The van der Waals surface area contributed by atoms with Crippen molar-refractivity contribution in [1.29, 1.82) is 0 Å². The zero-order valence-corrected chi connectivity index (χ0v) is 17.6. The van der Waals surface area contributed by atoms with Gasteiger partial charge in [0, 0.05) is 50.1 Å². The number of carbonyl (C=O) groups is 3. The van der Waals surface area contributed by atoms with Crippen molar-refractivity contribution in [2.24, 2.45) is 5.92 Å². The largest absolute Gasteiger partial charge is 0.354 e. The second kappa shape index (κ2) is 9.73. The molecule has 0 radical (unpaired) electrons. The highest BCUT2D eigenvalue weighted by Crippen LogP contribution is 2.35. The number of nitrogens with zero attached hydrogens (tertiary/aromatic N) is 3. The highest BCUT2D eigenvalue weighted by atomic mass is 16.2. The van der Waals surface area contributed by atoms with Crippen LogP contribution in [0.2, 0.25) is 0 Å².